The maximum Gasteiger partial charge on any atom is 0.229 e. The zero-order valence-electron chi connectivity index (χ0n) is 12.7. The van der Waals surface area contributed by atoms with Crippen LogP contribution in [0.15, 0.2) is 28.8 Å². The molecule has 0 bridgehead atoms. The summed E-state index contributed by atoms with van der Waals surface area (Å²) < 4.78 is 11.3. The zero-order chi connectivity index (χ0) is 14.8. The van der Waals surface area contributed by atoms with Crippen molar-refractivity contribution in [2.75, 3.05) is 13.2 Å². The number of hydrogen-bond donors (Lipinski definition) is 0. The maximum atomic E-state index is 5.80. The standard InChI is InChI=1S/C17H21N3O2/c1-2-6-13(5-1)17-18-16(19-22-17)12-20-9-10-21-15-8-4-3-7-14(15)11-20/h3-4,7-8,13H,1-2,5-6,9-12H2. The number of aromatic nitrogens is 2. The average molecular weight is 299 g/mol. The highest BCUT2D eigenvalue weighted by atomic mass is 16.5. The molecule has 2 aliphatic rings. The molecule has 0 radical (unpaired) electrons. The predicted octanol–water partition coefficient (Wildman–Crippen LogP) is 3.12. The summed E-state index contributed by atoms with van der Waals surface area (Å²) in [4.78, 5) is 6.93. The molecule has 0 N–H and O–H groups in total. The molecule has 1 aliphatic carbocycles. The summed E-state index contributed by atoms with van der Waals surface area (Å²) in [6, 6.07) is 8.22. The van der Waals surface area contributed by atoms with E-state index in [-0.39, 0.29) is 0 Å². The first-order valence-electron chi connectivity index (χ1n) is 8.14. The summed E-state index contributed by atoms with van der Waals surface area (Å²) in [5, 5.41) is 4.17. The van der Waals surface area contributed by atoms with Gasteiger partial charge in [0.05, 0.1) is 6.54 Å². The summed E-state index contributed by atoms with van der Waals surface area (Å²) in [6.45, 7) is 3.16. The van der Waals surface area contributed by atoms with Crippen LogP contribution in [0.3, 0.4) is 0 Å². The van der Waals surface area contributed by atoms with Gasteiger partial charge in [0.25, 0.3) is 0 Å². The third-order valence-electron chi connectivity index (χ3n) is 4.58. The van der Waals surface area contributed by atoms with E-state index >= 15 is 0 Å². The molecule has 2 heterocycles. The summed E-state index contributed by atoms with van der Waals surface area (Å²) in [7, 11) is 0. The summed E-state index contributed by atoms with van der Waals surface area (Å²) >= 11 is 0. The number of benzene rings is 1. The molecule has 5 nitrogen and oxygen atoms in total. The number of fused-ring (bicyclic) bond motifs is 1. The van der Waals surface area contributed by atoms with Crippen molar-refractivity contribution in [3.63, 3.8) is 0 Å². The fourth-order valence-electron chi connectivity index (χ4n) is 3.39. The number of hydrogen-bond acceptors (Lipinski definition) is 5. The third kappa shape index (κ3) is 2.86. The van der Waals surface area contributed by atoms with Crippen LogP contribution in [-0.4, -0.2) is 28.2 Å². The van der Waals surface area contributed by atoms with Crippen LogP contribution in [0, 0.1) is 0 Å². The van der Waals surface area contributed by atoms with Crippen molar-refractivity contribution in [3.05, 3.63) is 41.5 Å². The van der Waals surface area contributed by atoms with E-state index in [0.717, 1.165) is 30.6 Å². The Labute approximate surface area is 130 Å². The summed E-state index contributed by atoms with van der Waals surface area (Å²) in [5.74, 6) is 3.10. The van der Waals surface area contributed by atoms with Gasteiger partial charge in [-0.25, -0.2) is 0 Å². The molecule has 1 aromatic carbocycles. The molecule has 0 spiro atoms. The van der Waals surface area contributed by atoms with Gasteiger partial charge in [-0.05, 0) is 18.9 Å². The van der Waals surface area contributed by atoms with Crippen LogP contribution in [0.1, 0.15) is 48.9 Å². The van der Waals surface area contributed by atoms with Gasteiger partial charge in [0, 0.05) is 24.6 Å². The highest BCUT2D eigenvalue weighted by Crippen LogP contribution is 2.33. The molecule has 116 valence electrons. The van der Waals surface area contributed by atoms with E-state index in [4.69, 9.17) is 9.26 Å². The molecule has 1 aliphatic heterocycles. The molecule has 1 fully saturated rings. The lowest BCUT2D eigenvalue weighted by Gasteiger charge is -2.16. The monoisotopic (exact) mass is 299 g/mol. The van der Waals surface area contributed by atoms with Crippen molar-refractivity contribution in [2.24, 2.45) is 0 Å². The van der Waals surface area contributed by atoms with Gasteiger partial charge in [-0.2, -0.15) is 4.98 Å². The second-order valence-electron chi connectivity index (χ2n) is 6.20. The lowest BCUT2D eigenvalue weighted by molar-refractivity contribution is 0.213. The predicted molar refractivity (Wildman–Crippen MR) is 81.6 cm³/mol. The van der Waals surface area contributed by atoms with Gasteiger partial charge in [0.2, 0.25) is 5.89 Å². The Morgan fingerprint density at radius 3 is 2.95 bits per heavy atom. The summed E-state index contributed by atoms with van der Waals surface area (Å²) in [5.41, 5.74) is 1.22. The first kappa shape index (κ1) is 13.8. The van der Waals surface area contributed by atoms with Crippen molar-refractivity contribution in [2.45, 2.75) is 44.7 Å². The Morgan fingerprint density at radius 2 is 2.05 bits per heavy atom. The van der Waals surface area contributed by atoms with Gasteiger partial charge in [-0.3, -0.25) is 4.90 Å². The Kier molecular flexibility index (Phi) is 3.81. The van der Waals surface area contributed by atoms with Crippen LogP contribution in [0.25, 0.3) is 0 Å². The summed E-state index contributed by atoms with van der Waals surface area (Å²) in [6.07, 6.45) is 4.93. The fraction of sp³-hybridized carbons (Fsp3) is 0.529. The SMILES string of the molecule is c1ccc2c(c1)CN(Cc1noc(C3CCCC3)n1)CCO2. The molecule has 1 saturated carbocycles. The van der Waals surface area contributed by atoms with Gasteiger partial charge in [-0.15, -0.1) is 0 Å². The smallest absolute Gasteiger partial charge is 0.229 e. The minimum absolute atomic E-state index is 0.481. The van der Waals surface area contributed by atoms with Gasteiger partial charge in [0.15, 0.2) is 5.82 Å². The van der Waals surface area contributed by atoms with Crippen molar-refractivity contribution in [1.82, 2.24) is 15.0 Å². The first-order chi connectivity index (χ1) is 10.9. The van der Waals surface area contributed by atoms with Crippen LogP contribution >= 0.6 is 0 Å². The Balaban J connectivity index is 1.45. The van der Waals surface area contributed by atoms with Gasteiger partial charge in [0.1, 0.15) is 12.4 Å². The molecule has 1 aromatic heterocycles. The van der Waals surface area contributed by atoms with Gasteiger partial charge >= 0.3 is 0 Å². The largest absolute Gasteiger partial charge is 0.492 e. The number of rotatable bonds is 3. The zero-order valence-corrected chi connectivity index (χ0v) is 12.7. The minimum Gasteiger partial charge on any atom is -0.492 e. The van der Waals surface area contributed by atoms with Crippen LogP contribution < -0.4 is 4.74 Å². The second kappa shape index (κ2) is 6.08. The van der Waals surface area contributed by atoms with Gasteiger partial charge < -0.3 is 9.26 Å². The number of para-hydroxylation sites is 1. The molecule has 0 atom stereocenters. The van der Waals surface area contributed by atoms with Crippen LogP contribution in [-0.2, 0) is 13.1 Å². The molecule has 0 unspecified atom stereocenters. The van der Waals surface area contributed by atoms with E-state index in [0.29, 0.717) is 19.1 Å². The molecule has 0 saturated heterocycles. The molecular weight excluding hydrogens is 278 g/mol. The third-order valence-corrected chi connectivity index (χ3v) is 4.58. The molecular formula is C17H21N3O2. The number of nitrogens with zero attached hydrogens (tertiary/aromatic N) is 3. The molecule has 22 heavy (non-hydrogen) atoms. The average Bonchev–Trinajstić information content (AvgIpc) is 3.16. The van der Waals surface area contributed by atoms with Crippen LogP contribution in [0.5, 0.6) is 5.75 Å². The normalized spacial score (nSPS) is 19.6. The van der Waals surface area contributed by atoms with Gasteiger partial charge in [-0.1, -0.05) is 36.2 Å². The minimum atomic E-state index is 0.481. The highest BCUT2D eigenvalue weighted by Gasteiger charge is 2.24. The van der Waals surface area contributed by atoms with Crippen molar-refractivity contribution >= 4 is 0 Å². The van der Waals surface area contributed by atoms with Crippen molar-refractivity contribution in [1.29, 1.82) is 0 Å². The molecule has 4 rings (SSSR count). The topological polar surface area (TPSA) is 51.4 Å². The molecule has 5 heteroatoms. The van der Waals surface area contributed by atoms with E-state index in [9.17, 15) is 0 Å². The van der Waals surface area contributed by atoms with E-state index < -0.39 is 0 Å². The van der Waals surface area contributed by atoms with Crippen LogP contribution in [0.2, 0.25) is 0 Å². The molecule has 0 amide bonds. The fourth-order valence-corrected chi connectivity index (χ4v) is 3.39. The number of ether oxygens (including phenoxy) is 1. The Morgan fingerprint density at radius 1 is 1.18 bits per heavy atom. The lowest BCUT2D eigenvalue weighted by atomic mass is 10.1. The van der Waals surface area contributed by atoms with Crippen molar-refractivity contribution < 1.29 is 9.26 Å². The van der Waals surface area contributed by atoms with Crippen molar-refractivity contribution in [3.8, 4) is 5.75 Å². The second-order valence-corrected chi connectivity index (χ2v) is 6.20. The van der Waals surface area contributed by atoms with E-state index in [2.05, 4.69) is 27.2 Å². The molecule has 2 aromatic rings. The van der Waals surface area contributed by atoms with E-state index in [1.165, 1.54) is 31.2 Å². The van der Waals surface area contributed by atoms with E-state index in [1.807, 2.05) is 12.1 Å². The van der Waals surface area contributed by atoms with E-state index in [1.54, 1.807) is 0 Å². The first-order valence-corrected chi connectivity index (χ1v) is 8.14. The Bertz CT molecular complexity index is 634. The Hall–Kier alpha value is -1.88. The highest BCUT2D eigenvalue weighted by molar-refractivity contribution is 5.33. The lowest BCUT2D eigenvalue weighted by Crippen LogP contribution is -2.25. The maximum absolute atomic E-state index is 5.80. The quantitative estimate of drug-likeness (QED) is 0.871. The van der Waals surface area contributed by atoms with Crippen LogP contribution in [0.4, 0.5) is 0 Å².